The number of carbonyl (C=O) groups excluding carboxylic acids is 1. The first-order valence-corrected chi connectivity index (χ1v) is 11.1. The number of benzene rings is 3. The minimum absolute atomic E-state index is 0.166. The number of rotatable bonds is 6. The Labute approximate surface area is 185 Å². The second-order valence-corrected chi connectivity index (χ2v) is 7.91. The smallest absolute Gasteiger partial charge is 0.251 e. The van der Waals surface area contributed by atoms with E-state index in [1.807, 2.05) is 41.5 Å². The van der Waals surface area contributed by atoms with Crippen LogP contribution in [-0.4, -0.2) is 32.4 Å². The molecule has 0 fully saturated rings. The SMILES string of the molecule is COc1cc(N2CCOc3cc(C(=O)NCc4ccc(SC)cc4)ccc32)ccc1F. The fraction of sp³-hybridized carbons (Fsp3) is 0.208. The van der Waals surface area contributed by atoms with E-state index in [-0.39, 0.29) is 11.7 Å². The maximum Gasteiger partial charge on any atom is 0.251 e. The van der Waals surface area contributed by atoms with Gasteiger partial charge in [-0.2, -0.15) is 0 Å². The van der Waals surface area contributed by atoms with E-state index in [2.05, 4.69) is 5.32 Å². The number of thioether (sulfide) groups is 1. The number of halogens is 1. The summed E-state index contributed by atoms with van der Waals surface area (Å²) in [7, 11) is 1.44. The van der Waals surface area contributed by atoms with Gasteiger partial charge in [0.05, 0.1) is 19.3 Å². The highest BCUT2D eigenvalue weighted by Gasteiger charge is 2.22. The zero-order chi connectivity index (χ0) is 21.8. The normalized spacial score (nSPS) is 12.7. The second kappa shape index (κ2) is 9.31. The topological polar surface area (TPSA) is 50.8 Å². The van der Waals surface area contributed by atoms with Crippen LogP contribution in [0.1, 0.15) is 15.9 Å². The molecular formula is C24H23FN2O3S. The largest absolute Gasteiger partial charge is 0.494 e. The lowest BCUT2D eigenvalue weighted by molar-refractivity contribution is 0.0950. The number of hydrogen-bond acceptors (Lipinski definition) is 5. The summed E-state index contributed by atoms with van der Waals surface area (Å²) in [6.45, 7) is 1.52. The number of carbonyl (C=O) groups is 1. The van der Waals surface area contributed by atoms with Crippen molar-refractivity contribution in [3.05, 3.63) is 77.6 Å². The van der Waals surface area contributed by atoms with Crippen LogP contribution in [0, 0.1) is 5.82 Å². The Kier molecular flexibility index (Phi) is 6.32. The van der Waals surface area contributed by atoms with Crippen LogP contribution in [-0.2, 0) is 6.54 Å². The van der Waals surface area contributed by atoms with Gasteiger partial charge in [0.25, 0.3) is 5.91 Å². The molecule has 1 amide bonds. The Morgan fingerprint density at radius 2 is 1.97 bits per heavy atom. The Bertz CT molecular complexity index is 1090. The first kappa shape index (κ1) is 21.1. The molecule has 0 aromatic heterocycles. The molecule has 31 heavy (non-hydrogen) atoms. The van der Waals surface area contributed by atoms with E-state index in [1.54, 1.807) is 36.0 Å². The van der Waals surface area contributed by atoms with Gasteiger partial charge in [-0.05, 0) is 54.3 Å². The van der Waals surface area contributed by atoms with Gasteiger partial charge in [-0.25, -0.2) is 4.39 Å². The zero-order valence-electron chi connectivity index (χ0n) is 17.4. The molecule has 7 heteroatoms. The third kappa shape index (κ3) is 4.61. The molecular weight excluding hydrogens is 415 g/mol. The number of fused-ring (bicyclic) bond motifs is 1. The third-order valence-corrected chi connectivity index (χ3v) is 5.89. The summed E-state index contributed by atoms with van der Waals surface area (Å²) < 4.78 is 24.7. The molecule has 1 N–H and O–H groups in total. The van der Waals surface area contributed by atoms with Gasteiger partial charge in [0, 0.05) is 28.8 Å². The van der Waals surface area contributed by atoms with Gasteiger partial charge >= 0.3 is 0 Å². The molecule has 0 spiro atoms. The highest BCUT2D eigenvalue weighted by Crippen LogP contribution is 2.38. The van der Waals surface area contributed by atoms with Gasteiger partial charge < -0.3 is 19.7 Å². The fourth-order valence-electron chi connectivity index (χ4n) is 3.47. The fourth-order valence-corrected chi connectivity index (χ4v) is 3.88. The van der Waals surface area contributed by atoms with Crippen molar-refractivity contribution in [1.82, 2.24) is 5.32 Å². The number of ether oxygens (including phenoxy) is 2. The van der Waals surface area contributed by atoms with Gasteiger partial charge in [-0.3, -0.25) is 4.79 Å². The third-order valence-electron chi connectivity index (χ3n) is 5.14. The lowest BCUT2D eigenvalue weighted by Crippen LogP contribution is -2.29. The monoisotopic (exact) mass is 438 g/mol. The molecule has 0 unspecified atom stereocenters. The predicted octanol–water partition coefficient (Wildman–Crippen LogP) is 5.02. The molecule has 0 saturated carbocycles. The average Bonchev–Trinajstić information content (AvgIpc) is 2.82. The minimum Gasteiger partial charge on any atom is -0.494 e. The van der Waals surface area contributed by atoms with Crippen LogP contribution in [0.2, 0.25) is 0 Å². The Balaban J connectivity index is 1.50. The number of anilines is 2. The van der Waals surface area contributed by atoms with Gasteiger partial charge in [0.2, 0.25) is 0 Å². The molecule has 0 bridgehead atoms. The summed E-state index contributed by atoms with van der Waals surface area (Å²) in [5.74, 6) is 0.231. The first-order chi connectivity index (χ1) is 15.1. The summed E-state index contributed by atoms with van der Waals surface area (Å²) in [4.78, 5) is 15.9. The molecule has 0 saturated heterocycles. The standard InChI is InChI=1S/C24H23FN2O3S/c1-29-22-14-18(6-9-20(22)25)27-11-12-30-23-13-17(5-10-21(23)27)24(28)26-15-16-3-7-19(31-2)8-4-16/h3-10,13-14H,11-12,15H2,1-2H3,(H,26,28). The van der Waals surface area contributed by atoms with Crippen LogP contribution in [0.15, 0.2) is 65.6 Å². The highest BCUT2D eigenvalue weighted by molar-refractivity contribution is 7.98. The summed E-state index contributed by atoms with van der Waals surface area (Å²) in [5, 5.41) is 2.95. The van der Waals surface area contributed by atoms with E-state index in [0.717, 1.165) is 16.9 Å². The molecule has 0 atom stereocenters. The van der Waals surface area contributed by atoms with Crippen LogP contribution in [0.25, 0.3) is 0 Å². The predicted molar refractivity (Wildman–Crippen MR) is 121 cm³/mol. The average molecular weight is 439 g/mol. The van der Waals surface area contributed by atoms with Gasteiger partial charge in [-0.1, -0.05) is 12.1 Å². The highest BCUT2D eigenvalue weighted by atomic mass is 32.2. The minimum atomic E-state index is -0.408. The van der Waals surface area contributed by atoms with Crippen molar-refractivity contribution in [2.45, 2.75) is 11.4 Å². The quantitative estimate of drug-likeness (QED) is 0.548. The molecule has 3 aromatic carbocycles. The van der Waals surface area contributed by atoms with E-state index in [1.165, 1.54) is 18.1 Å². The molecule has 3 aromatic rings. The van der Waals surface area contributed by atoms with Crippen molar-refractivity contribution in [3.63, 3.8) is 0 Å². The molecule has 5 nitrogen and oxygen atoms in total. The van der Waals surface area contributed by atoms with Crippen molar-refractivity contribution >= 4 is 29.0 Å². The summed E-state index contributed by atoms with van der Waals surface area (Å²) in [5.41, 5.74) is 3.19. The number of amides is 1. The Morgan fingerprint density at radius 3 is 2.71 bits per heavy atom. The summed E-state index contributed by atoms with van der Waals surface area (Å²) in [6.07, 6.45) is 2.03. The van der Waals surface area contributed by atoms with Crippen LogP contribution in [0.3, 0.4) is 0 Å². The van der Waals surface area contributed by atoms with Crippen LogP contribution < -0.4 is 19.7 Å². The summed E-state index contributed by atoms with van der Waals surface area (Å²) in [6, 6.07) is 18.2. The van der Waals surface area contributed by atoms with Gasteiger partial charge in [0.15, 0.2) is 11.6 Å². The molecule has 4 rings (SSSR count). The molecule has 0 aliphatic carbocycles. The zero-order valence-corrected chi connectivity index (χ0v) is 18.2. The van der Waals surface area contributed by atoms with Gasteiger partial charge in [0.1, 0.15) is 12.4 Å². The maximum atomic E-state index is 13.8. The number of hydrogen-bond donors (Lipinski definition) is 1. The van der Waals surface area contributed by atoms with Crippen LogP contribution >= 0.6 is 11.8 Å². The maximum absolute atomic E-state index is 13.8. The lowest BCUT2D eigenvalue weighted by atomic mass is 10.1. The van der Waals surface area contributed by atoms with Crippen LogP contribution in [0.5, 0.6) is 11.5 Å². The first-order valence-electron chi connectivity index (χ1n) is 9.88. The van der Waals surface area contributed by atoms with E-state index in [9.17, 15) is 9.18 Å². The van der Waals surface area contributed by atoms with E-state index in [0.29, 0.717) is 31.0 Å². The van der Waals surface area contributed by atoms with Crippen molar-refractivity contribution in [2.75, 3.05) is 31.4 Å². The van der Waals surface area contributed by atoms with Gasteiger partial charge in [-0.15, -0.1) is 11.8 Å². The summed E-state index contributed by atoms with van der Waals surface area (Å²) >= 11 is 1.68. The van der Waals surface area contributed by atoms with Crippen LogP contribution in [0.4, 0.5) is 15.8 Å². The molecule has 1 aliphatic heterocycles. The van der Waals surface area contributed by atoms with E-state index >= 15 is 0 Å². The molecule has 0 radical (unpaired) electrons. The van der Waals surface area contributed by atoms with Crippen molar-refractivity contribution in [2.24, 2.45) is 0 Å². The van der Waals surface area contributed by atoms with E-state index in [4.69, 9.17) is 9.47 Å². The van der Waals surface area contributed by atoms with Crippen molar-refractivity contribution in [1.29, 1.82) is 0 Å². The number of nitrogens with one attached hydrogen (secondary N) is 1. The molecule has 1 aliphatic rings. The Morgan fingerprint density at radius 1 is 1.16 bits per heavy atom. The number of nitrogens with zero attached hydrogens (tertiary/aromatic N) is 1. The number of methoxy groups -OCH3 is 1. The Hall–Kier alpha value is -3.19. The molecule has 1 heterocycles. The molecule has 160 valence electrons. The second-order valence-electron chi connectivity index (χ2n) is 7.03. The van der Waals surface area contributed by atoms with E-state index < -0.39 is 5.82 Å². The van der Waals surface area contributed by atoms with Crippen molar-refractivity contribution in [3.8, 4) is 11.5 Å². The van der Waals surface area contributed by atoms with Crippen molar-refractivity contribution < 1.29 is 18.7 Å². The lowest BCUT2D eigenvalue weighted by Gasteiger charge is -2.31.